The largest absolute Gasteiger partial charge is 0.322 e. The first-order valence-corrected chi connectivity index (χ1v) is 9.81. The van der Waals surface area contributed by atoms with Crippen LogP contribution in [0.4, 0.5) is 16.2 Å². The molecule has 0 radical (unpaired) electrons. The predicted molar refractivity (Wildman–Crippen MR) is 111 cm³/mol. The molecule has 8 nitrogen and oxygen atoms in total. The molecule has 9 heteroatoms. The highest BCUT2D eigenvalue weighted by Crippen LogP contribution is 2.31. The Kier molecular flexibility index (Phi) is 4.95. The summed E-state index contributed by atoms with van der Waals surface area (Å²) >= 11 is 6.24. The molecule has 0 unspecified atom stereocenters. The second kappa shape index (κ2) is 7.46. The highest BCUT2D eigenvalue weighted by molar-refractivity contribution is 6.34. The summed E-state index contributed by atoms with van der Waals surface area (Å²) in [5.41, 5.74) is 0.627. The first-order chi connectivity index (χ1) is 14.3. The van der Waals surface area contributed by atoms with E-state index in [1.807, 2.05) is 0 Å². The number of nitrogens with zero attached hydrogens (tertiary/aromatic N) is 1. The quantitative estimate of drug-likeness (QED) is 0.653. The van der Waals surface area contributed by atoms with Crippen LogP contribution in [0.15, 0.2) is 42.5 Å². The lowest BCUT2D eigenvalue weighted by atomic mass is 9.92. The number of urea groups is 1. The van der Waals surface area contributed by atoms with E-state index in [1.54, 1.807) is 54.3 Å². The third-order valence-corrected chi connectivity index (χ3v) is 5.63. The maximum Gasteiger partial charge on any atom is 0.322 e. The topological polar surface area (TPSA) is 108 Å². The first-order valence-electron chi connectivity index (χ1n) is 9.43. The third-order valence-electron chi connectivity index (χ3n) is 5.32. The van der Waals surface area contributed by atoms with Crippen molar-refractivity contribution in [2.75, 3.05) is 16.8 Å². The summed E-state index contributed by atoms with van der Waals surface area (Å²) in [6, 6.07) is 10.9. The number of carbonyl (C=O) groups is 4. The van der Waals surface area contributed by atoms with Gasteiger partial charge in [-0.05, 0) is 49.2 Å². The Morgan fingerprint density at radius 3 is 2.63 bits per heavy atom. The van der Waals surface area contributed by atoms with Gasteiger partial charge in [-0.1, -0.05) is 23.7 Å². The van der Waals surface area contributed by atoms with Crippen molar-refractivity contribution in [1.82, 2.24) is 10.6 Å². The molecule has 2 heterocycles. The molecule has 3 N–H and O–H groups in total. The van der Waals surface area contributed by atoms with E-state index in [0.29, 0.717) is 40.5 Å². The van der Waals surface area contributed by atoms with Crippen LogP contribution < -0.4 is 20.9 Å². The van der Waals surface area contributed by atoms with Gasteiger partial charge in [0.25, 0.3) is 11.8 Å². The summed E-state index contributed by atoms with van der Waals surface area (Å²) < 4.78 is 0. The van der Waals surface area contributed by atoms with Crippen molar-refractivity contribution < 1.29 is 19.2 Å². The summed E-state index contributed by atoms with van der Waals surface area (Å²) in [7, 11) is 0. The van der Waals surface area contributed by atoms with Crippen molar-refractivity contribution in [3.63, 3.8) is 0 Å². The van der Waals surface area contributed by atoms with Crippen molar-refractivity contribution in [2.45, 2.75) is 25.3 Å². The van der Waals surface area contributed by atoms with Gasteiger partial charge in [-0.15, -0.1) is 0 Å². The van der Waals surface area contributed by atoms with Gasteiger partial charge in [0, 0.05) is 24.2 Å². The van der Waals surface area contributed by atoms with E-state index >= 15 is 0 Å². The van der Waals surface area contributed by atoms with Crippen LogP contribution in [0.1, 0.15) is 35.7 Å². The summed E-state index contributed by atoms with van der Waals surface area (Å²) in [5.74, 6) is -0.873. The fourth-order valence-electron chi connectivity index (χ4n) is 3.62. The average Bonchev–Trinajstić information content (AvgIpc) is 3.25. The lowest BCUT2D eigenvalue weighted by Gasteiger charge is -2.22. The van der Waals surface area contributed by atoms with Crippen molar-refractivity contribution in [1.29, 1.82) is 0 Å². The van der Waals surface area contributed by atoms with Gasteiger partial charge in [0.2, 0.25) is 5.91 Å². The molecule has 0 bridgehead atoms. The summed E-state index contributed by atoms with van der Waals surface area (Å²) in [6.45, 7) is 2.16. The van der Waals surface area contributed by atoms with E-state index in [4.69, 9.17) is 11.6 Å². The van der Waals surface area contributed by atoms with Gasteiger partial charge in [0.15, 0.2) is 0 Å². The van der Waals surface area contributed by atoms with Gasteiger partial charge >= 0.3 is 6.03 Å². The van der Waals surface area contributed by atoms with Gasteiger partial charge in [-0.25, -0.2) is 4.79 Å². The Labute approximate surface area is 177 Å². The first kappa shape index (κ1) is 19.9. The lowest BCUT2D eigenvalue weighted by molar-refractivity contribution is -0.123. The number of anilines is 2. The number of nitrogens with one attached hydrogen (secondary N) is 3. The molecule has 2 aliphatic heterocycles. The smallest absolute Gasteiger partial charge is 0.322 e. The monoisotopic (exact) mass is 426 g/mol. The minimum absolute atomic E-state index is 0.0210. The molecule has 2 saturated heterocycles. The van der Waals surface area contributed by atoms with Crippen LogP contribution in [0, 0.1) is 0 Å². The molecule has 30 heavy (non-hydrogen) atoms. The van der Waals surface area contributed by atoms with Gasteiger partial charge in [0.1, 0.15) is 5.54 Å². The number of imide groups is 1. The maximum atomic E-state index is 12.8. The fourth-order valence-corrected chi connectivity index (χ4v) is 3.84. The summed E-state index contributed by atoms with van der Waals surface area (Å²) in [5, 5.41) is 7.99. The number of halogens is 1. The number of amides is 5. The van der Waals surface area contributed by atoms with Crippen LogP contribution in [0.5, 0.6) is 0 Å². The number of carbonyl (C=O) groups excluding carboxylic acids is 4. The van der Waals surface area contributed by atoms with E-state index in [1.165, 1.54) is 0 Å². The van der Waals surface area contributed by atoms with E-state index in [-0.39, 0.29) is 11.8 Å². The summed E-state index contributed by atoms with van der Waals surface area (Å²) in [6.07, 6.45) is 1.21. The molecular weight excluding hydrogens is 408 g/mol. The molecule has 5 amide bonds. The molecule has 2 aliphatic rings. The second-order valence-electron chi connectivity index (χ2n) is 7.38. The number of hydrogen-bond acceptors (Lipinski definition) is 4. The molecular formula is C21H19ClN4O4. The minimum atomic E-state index is -1.22. The zero-order valence-corrected chi connectivity index (χ0v) is 16.9. The molecule has 0 saturated carbocycles. The second-order valence-corrected chi connectivity index (χ2v) is 7.79. The fraction of sp³-hybridized carbons (Fsp3) is 0.238. The minimum Gasteiger partial charge on any atom is -0.322 e. The van der Waals surface area contributed by atoms with Crippen molar-refractivity contribution in [3.8, 4) is 0 Å². The van der Waals surface area contributed by atoms with Crippen molar-refractivity contribution in [2.24, 2.45) is 0 Å². The molecule has 0 aromatic heterocycles. The molecule has 154 valence electrons. The Bertz CT molecular complexity index is 1090. The van der Waals surface area contributed by atoms with E-state index < -0.39 is 17.5 Å². The van der Waals surface area contributed by atoms with Gasteiger partial charge in [-0.2, -0.15) is 0 Å². The zero-order valence-electron chi connectivity index (χ0n) is 16.1. The van der Waals surface area contributed by atoms with Gasteiger partial charge < -0.3 is 15.5 Å². The van der Waals surface area contributed by atoms with Crippen LogP contribution >= 0.6 is 11.6 Å². The van der Waals surface area contributed by atoms with Crippen molar-refractivity contribution >= 4 is 46.7 Å². The Morgan fingerprint density at radius 2 is 1.97 bits per heavy atom. The lowest BCUT2D eigenvalue weighted by Crippen LogP contribution is -2.40. The van der Waals surface area contributed by atoms with Gasteiger partial charge in [-0.3, -0.25) is 19.7 Å². The number of rotatable bonds is 4. The number of hydrogen-bond donors (Lipinski definition) is 3. The molecule has 2 aromatic carbocycles. The zero-order chi connectivity index (χ0) is 21.5. The van der Waals surface area contributed by atoms with Gasteiger partial charge in [0.05, 0.1) is 10.7 Å². The summed E-state index contributed by atoms with van der Waals surface area (Å²) in [4.78, 5) is 50.1. The molecule has 2 fully saturated rings. The van der Waals surface area contributed by atoms with Crippen molar-refractivity contribution in [3.05, 3.63) is 58.6 Å². The molecule has 4 rings (SSSR count). The number of benzene rings is 2. The van der Waals surface area contributed by atoms with E-state index in [9.17, 15) is 19.2 Å². The predicted octanol–water partition coefficient (Wildman–Crippen LogP) is 2.77. The van der Waals surface area contributed by atoms with Crippen LogP contribution in [0.3, 0.4) is 0 Å². The van der Waals surface area contributed by atoms with E-state index in [2.05, 4.69) is 16.0 Å². The molecule has 0 spiro atoms. The van der Waals surface area contributed by atoms with Crippen LogP contribution in [-0.4, -0.2) is 30.3 Å². The average molecular weight is 427 g/mol. The van der Waals surface area contributed by atoms with Crippen LogP contribution in [0.25, 0.3) is 0 Å². The van der Waals surface area contributed by atoms with Crippen LogP contribution in [-0.2, 0) is 15.1 Å². The van der Waals surface area contributed by atoms with Crippen LogP contribution in [0.2, 0.25) is 5.02 Å². The van der Waals surface area contributed by atoms with E-state index in [0.717, 1.165) is 6.42 Å². The Balaban J connectivity index is 1.57. The maximum absolute atomic E-state index is 12.8. The normalized spacial score (nSPS) is 20.9. The molecule has 2 aromatic rings. The highest BCUT2D eigenvalue weighted by Gasteiger charge is 2.43. The molecule has 1 atom stereocenters. The Hall–Kier alpha value is -3.39. The molecule has 0 aliphatic carbocycles. The standard InChI is InChI=1S/C21H19ClN4O4/c1-21(19(29)24-20(30)25-21)13-4-2-5-14(11-13)23-18(28)12-7-8-15(22)16(10-12)26-9-3-6-17(26)27/h2,4-5,7-8,10-11H,3,6,9H2,1H3,(H,23,28)(H2,24,25,29,30)/t21-/m0/s1. The SMILES string of the molecule is C[C@@]1(c2cccc(NC(=O)c3ccc(Cl)c(N4CCCC4=O)c3)c2)NC(=O)NC1=O. The Morgan fingerprint density at radius 1 is 1.17 bits per heavy atom. The third kappa shape index (κ3) is 3.50. The highest BCUT2D eigenvalue weighted by atomic mass is 35.5.